The van der Waals surface area contributed by atoms with Crippen LogP contribution in [0.5, 0.6) is 0 Å². The second-order valence-corrected chi connectivity index (χ2v) is 55.2. The molecule has 0 spiro atoms. The molecule has 15 N–H and O–H groups in total. The Bertz CT molecular complexity index is 5480. The Morgan fingerprint density at radius 1 is 0.514 bits per heavy atom. The smallest absolute Gasteiger partial charge is 0.354 e. The number of fused-ring (bicyclic) bond motifs is 4. The highest BCUT2D eigenvalue weighted by molar-refractivity contribution is 9.10. The summed E-state index contributed by atoms with van der Waals surface area (Å²) in [5.41, 5.74) is 33.2. The van der Waals surface area contributed by atoms with Crippen LogP contribution in [0, 0.1) is 0 Å². The Morgan fingerprint density at radius 3 is 1.19 bits per heavy atom. The van der Waals surface area contributed by atoms with Crippen LogP contribution < -0.4 is 28.7 Å². The second-order valence-electron chi connectivity index (χ2n) is 33.0. The summed E-state index contributed by atoms with van der Waals surface area (Å²) in [5, 5.41) is 62.4. The molecule has 4 saturated heterocycles. The summed E-state index contributed by atoms with van der Waals surface area (Å²) in [6, 6.07) is 47.1. The van der Waals surface area contributed by atoms with Crippen LogP contribution in [-0.2, 0) is 43.7 Å². The molecule has 0 amide bonds. The van der Waals surface area contributed by atoms with Gasteiger partial charge in [-0.3, -0.25) is 0 Å². The predicted octanol–water partition coefficient (Wildman–Crippen LogP) is 19.0. The normalized spacial score (nSPS) is 23.2. The number of benzene rings is 3. The van der Waals surface area contributed by atoms with Gasteiger partial charge in [-0.1, -0.05) is 177 Å². The molecule has 15 rings (SSSR count). The second kappa shape index (κ2) is 60.4. The fraction of sp³-hybridized carbons (Fsp3) is 0.505. The number of anilines is 4. The van der Waals surface area contributed by atoms with Crippen molar-refractivity contribution in [1.82, 2.24) is 58.4 Å². The number of carbonyl (C=O) groups excluding carboxylic acids is 4. The molecule has 3 unspecified atom stereocenters. The van der Waals surface area contributed by atoms with E-state index in [1.54, 1.807) is 150 Å². The number of hydrogen-bond donors (Lipinski definition) is 10. The predicted molar refractivity (Wildman–Crippen MR) is 565 cm³/mol. The monoisotopic (exact) mass is 2190 g/mol. The summed E-state index contributed by atoms with van der Waals surface area (Å²) >= 11 is 41.9. The number of nitrogen functional groups attached to an aromatic ring is 4. The molecule has 0 aliphatic carbocycles. The number of rotatable bonds is 20. The first kappa shape index (κ1) is 130. The number of halogens is 10. The Balaban J connectivity index is 0.000000826. The third-order valence-electron chi connectivity index (χ3n) is 22.0. The van der Waals surface area contributed by atoms with Gasteiger partial charge >= 0.3 is 31.4 Å². The molecule has 0 saturated carbocycles. The number of ether oxygens (including phenoxy) is 7. The highest BCUT2D eigenvalue weighted by atomic mass is 79.9. The molecule has 3 aromatic carbocycles. The third kappa shape index (κ3) is 33.9. The van der Waals surface area contributed by atoms with Crippen LogP contribution in [0.2, 0.25) is 62.7 Å². The van der Waals surface area contributed by atoms with Gasteiger partial charge in [0, 0.05) is 24.6 Å². The quantitative estimate of drug-likeness (QED) is 0.00846. The summed E-state index contributed by atoms with van der Waals surface area (Å²) in [5.74, 6) is -2.54. The molecule has 47 heteroatoms. The lowest BCUT2D eigenvalue weighted by atomic mass is 9.91. The summed E-state index contributed by atoms with van der Waals surface area (Å²) in [6.07, 6.45) is 0.972. The maximum Gasteiger partial charge on any atom is 0.354 e. The van der Waals surface area contributed by atoms with Gasteiger partial charge < -0.3 is 91.7 Å². The summed E-state index contributed by atoms with van der Waals surface area (Å²) in [4.78, 5) is 59.8. The van der Waals surface area contributed by atoms with E-state index in [4.69, 9.17) is 144 Å². The van der Waals surface area contributed by atoms with E-state index in [-0.39, 0.29) is 76.1 Å². The van der Waals surface area contributed by atoms with Crippen molar-refractivity contribution >= 4 is 185 Å². The number of esters is 4. The minimum absolute atomic E-state index is 0. The van der Waals surface area contributed by atoms with E-state index < -0.39 is 119 Å². The highest BCUT2D eigenvalue weighted by Gasteiger charge is 2.66. The van der Waals surface area contributed by atoms with Gasteiger partial charge in [-0.2, -0.15) is 42.6 Å². The number of cyclic esters (lactones) is 1. The molecule has 15 atom stereocenters. The van der Waals surface area contributed by atoms with Crippen molar-refractivity contribution in [1.29, 1.82) is 0 Å². The number of aliphatic hydroxyl groups is 5. The maximum absolute atomic E-state index is 12.6. The fourth-order valence-corrected chi connectivity index (χ4v) is 24.2. The molecular weight excluding hydrogens is 2060 g/mol. The lowest BCUT2D eigenvalue weighted by molar-refractivity contribution is -0.216. The van der Waals surface area contributed by atoms with Crippen molar-refractivity contribution in [3.05, 3.63) is 203 Å². The maximum atomic E-state index is 12.6. The molecule has 4 aliphatic rings. The van der Waals surface area contributed by atoms with E-state index in [1.807, 2.05) is 58.0 Å². The third-order valence-corrected chi connectivity index (χ3v) is 32.3. The van der Waals surface area contributed by atoms with Gasteiger partial charge in [0.05, 0.1) is 47.5 Å². The zero-order valence-electron chi connectivity index (χ0n) is 78.8. The Kier molecular flexibility index (Phi) is 55.9. The average Bonchev–Trinajstić information content (AvgIpc) is 1.55. The Morgan fingerprint density at radius 2 is 0.843 bits per heavy atom. The van der Waals surface area contributed by atoms with E-state index in [9.17, 15) is 38.8 Å². The van der Waals surface area contributed by atoms with E-state index in [1.165, 1.54) is 54.9 Å². The molecule has 12 heterocycles. The van der Waals surface area contributed by atoms with Crippen molar-refractivity contribution in [2.24, 2.45) is 5.73 Å². The molecule has 1 radical (unpaired) electrons. The van der Waals surface area contributed by atoms with Crippen LogP contribution in [0.25, 0.3) is 22.1 Å². The summed E-state index contributed by atoms with van der Waals surface area (Å²) in [6.45, 7) is 31.0. The number of nitrogens with zero attached hydrogens (tertiary/aromatic N) is 12. The van der Waals surface area contributed by atoms with Gasteiger partial charge in [0.2, 0.25) is 5.79 Å². The molecule has 8 aromatic heterocycles. The lowest BCUT2D eigenvalue weighted by Gasteiger charge is -2.34. The SMILES string of the molecule is C.C.C.C.CCO.CC[B]F.CC[C@H]1OC(=O)[C@](C)(Cl)[C@@H]1OC(=O)c1ccccc1.CC[C@H]1OC(O)(c2ccc3c(N)ncnn23)[C@](C)(Cl)[C@@H]1OC(=O)c1ccccc1.CC[C@H]1OC(c2ccc3c(N)ncnn23)[C@](C)(Cl)[C@@H]1OC(=O)c1ccccc1.CC[SiH](CC)CC.C[C@]1(Cl)C(c2ccc3c(N)ncnn23)O[C@H](CO)[C@H]1O.C[Si](C)(Cl)CC[Si](C)(C)Cl.FF.NCO.Nc1ncnn2c(Br)ccc12. The van der Waals surface area contributed by atoms with Gasteiger partial charge in [0.25, 0.3) is 0 Å². The molecule has 11 aromatic rings. The number of alkyl halides is 4. The number of hydrogen-bond acceptors (Lipinski definition) is 29. The van der Waals surface area contributed by atoms with Gasteiger partial charge in [-0.25, -0.2) is 57.2 Å². The fourth-order valence-electron chi connectivity index (χ4n) is 14.4. The van der Waals surface area contributed by atoms with Crippen LogP contribution in [0.1, 0.15) is 192 Å². The van der Waals surface area contributed by atoms with E-state index in [0.717, 1.165) is 27.9 Å². The number of nitrogens with two attached hydrogens (primary N) is 5. The van der Waals surface area contributed by atoms with Crippen molar-refractivity contribution in [3.63, 3.8) is 0 Å². The Labute approximate surface area is 861 Å². The first-order valence-corrected chi connectivity index (χ1v) is 57.0. The van der Waals surface area contributed by atoms with Crippen molar-refractivity contribution in [2.75, 3.05) is 42.9 Å². The zero-order valence-corrected chi connectivity index (χ0v) is 88.0. The molecule has 4 aliphatic heterocycles. The Hall–Kier alpha value is -8.41. The standard InChI is InChI=1S/C20H21ClN4O4.C20H21ClN4O3.C14H15ClO4.C12H15ClN4O3.C6H5BrN4.C6H16Cl2Si2.C6H16Si.C2H5BF.C2H6O.CH5NO.4CH4.F2/c1-3-14-16(28-18(26)12-7-5-4-6-8-12)19(2,21)20(27,29-14)15-10-9-13-17(22)23-11-24-25(13)15;1-3-15-17(28-19(26)12-7-5-4-6-8-12)20(2,21)16(27-15)13-9-10-14-18(22)23-11-24-25(13)14;1-3-10-11(14(2,15)13(17)18-10)19-12(16)9-7-5-4-6-8-9;1-12(13)9(19)8(4-18)20-10(12)6-2-3-7-11(14)15-5-16-17(6)7;7-5-2-1-4-6(8)9-3-10-11(4)5;1-9(2,7)5-6-10(3,4)8;1-4-7(5-2)6-3;1-2-3-4;1-2-3;2-1-3;;;;;1-2/h4-11,14,16,27H,3H2,1-2H3,(H2,22,23,24);4-11,15-17H,3H2,1-2H3,(H2,22,23,24);4-8,10-11H,3H2,1-2H3;2-3,5,8-10,18-19H,4H2,1H3,(H2,14,15,16);1-3H,(H2,8,9,10);5-6H2,1-4H3;7H,4-6H2,1-3H3;2H2,1H3;3H,2H2,1H3;3H,1-2H2;4*1H4;/t14-,16-,19-,20?;15-,16?,17-,20+;10-,11-,14-;8-,9-,10?,12-;;;;;;;;;;;/m1111.........../s1. The van der Waals surface area contributed by atoms with Crippen LogP contribution in [0.15, 0.2) is 169 Å². The largest absolute Gasteiger partial charge is 0.457 e. The molecule has 0 bridgehead atoms. The van der Waals surface area contributed by atoms with Gasteiger partial charge in [-0.05, 0) is 173 Å². The molecular formula is C93H141BBrCl6F3N17O16Si3. The van der Waals surface area contributed by atoms with Crippen molar-refractivity contribution < 1.29 is 91.3 Å². The topological polar surface area (TPSA) is 485 Å². The first-order chi connectivity index (χ1) is 64.2. The minimum atomic E-state index is -1.98. The molecule has 140 heavy (non-hydrogen) atoms. The van der Waals surface area contributed by atoms with E-state index >= 15 is 0 Å². The minimum Gasteiger partial charge on any atom is -0.457 e. The summed E-state index contributed by atoms with van der Waals surface area (Å²) < 4.78 is 73.8. The van der Waals surface area contributed by atoms with Crippen LogP contribution >= 0.6 is 84.5 Å². The number of carbonyl (C=O) groups is 4. The number of aromatic nitrogens is 12. The average molecular weight is 2200 g/mol. The van der Waals surface area contributed by atoms with E-state index in [0.29, 0.717) is 89.5 Å². The van der Waals surface area contributed by atoms with Crippen LogP contribution in [0.3, 0.4) is 0 Å². The number of aliphatic hydroxyl groups excluding tert-OH is 4. The van der Waals surface area contributed by atoms with Gasteiger partial charge in [0.15, 0.2) is 40.4 Å². The zero-order chi connectivity index (χ0) is 102. The van der Waals surface area contributed by atoms with Crippen LogP contribution in [0.4, 0.5) is 36.7 Å². The highest BCUT2D eigenvalue weighted by Crippen LogP contribution is 2.53. The van der Waals surface area contributed by atoms with Gasteiger partial charge in [0.1, 0.15) is 130 Å². The molecule has 779 valence electrons. The van der Waals surface area contributed by atoms with Crippen molar-refractivity contribution in [2.45, 2.75) is 281 Å². The lowest BCUT2D eigenvalue weighted by Crippen LogP contribution is -2.50. The van der Waals surface area contributed by atoms with E-state index in [2.05, 4.69) is 109 Å². The van der Waals surface area contributed by atoms with Crippen LogP contribution in [-0.4, -0.2) is 227 Å². The first-order valence-electron chi connectivity index (χ1n) is 43.8. The molecule has 33 nitrogen and oxygen atoms in total. The summed E-state index contributed by atoms with van der Waals surface area (Å²) in [7, 11) is -2.24. The van der Waals surface area contributed by atoms with Crippen molar-refractivity contribution in [3.8, 4) is 0 Å². The molecule has 4 fully saturated rings. The van der Waals surface area contributed by atoms with Gasteiger partial charge in [-0.15, -0.1) is 46.4 Å².